The standard InChI is InChI=1S/C17H27NO3/c1-12-9-13(2)11-14(10-12)15(19)7-6-8-18-16(20)21-17(3,4)5/h9-11,15,19H,6-8H2,1-5H3,(H,18,20)/t15-/m1/s1. The van der Waals surface area contributed by atoms with Crippen LogP contribution in [0.5, 0.6) is 0 Å². The monoisotopic (exact) mass is 293 g/mol. The quantitative estimate of drug-likeness (QED) is 0.815. The van der Waals surface area contributed by atoms with E-state index in [1.165, 1.54) is 0 Å². The molecule has 4 heteroatoms. The molecule has 0 saturated heterocycles. The number of hydrogen-bond donors (Lipinski definition) is 2. The number of aliphatic hydroxyl groups is 1. The fourth-order valence-electron chi connectivity index (χ4n) is 2.17. The highest BCUT2D eigenvalue weighted by atomic mass is 16.6. The topological polar surface area (TPSA) is 58.6 Å². The maximum atomic E-state index is 11.5. The number of rotatable bonds is 5. The van der Waals surface area contributed by atoms with E-state index >= 15 is 0 Å². The summed E-state index contributed by atoms with van der Waals surface area (Å²) in [6, 6.07) is 6.08. The lowest BCUT2D eigenvalue weighted by molar-refractivity contribution is 0.0523. The van der Waals surface area contributed by atoms with Crippen LogP contribution in [0.1, 0.15) is 56.4 Å². The molecule has 1 amide bonds. The second-order valence-corrected chi connectivity index (χ2v) is 6.51. The summed E-state index contributed by atoms with van der Waals surface area (Å²) in [5.41, 5.74) is 2.75. The number of nitrogens with one attached hydrogen (secondary N) is 1. The van der Waals surface area contributed by atoms with Crippen molar-refractivity contribution in [2.75, 3.05) is 6.54 Å². The van der Waals surface area contributed by atoms with Crippen LogP contribution in [0.4, 0.5) is 4.79 Å². The summed E-state index contributed by atoms with van der Waals surface area (Å²) in [6.07, 6.45) is 0.402. The molecule has 0 heterocycles. The van der Waals surface area contributed by atoms with Crippen LogP contribution in [0.3, 0.4) is 0 Å². The molecule has 0 radical (unpaired) electrons. The molecule has 0 fully saturated rings. The predicted molar refractivity (Wildman–Crippen MR) is 84.3 cm³/mol. The molecular formula is C17H27NO3. The number of carbonyl (C=O) groups excluding carboxylic acids is 1. The Labute approximate surface area is 127 Å². The molecule has 1 rings (SSSR count). The van der Waals surface area contributed by atoms with Gasteiger partial charge in [0, 0.05) is 6.54 Å². The normalized spacial score (nSPS) is 12.9. The Balaban J connectivity index is 2.34. The molecular weight excluding hydrogens is 266 g/mol. The van der Waals surface area contributed by atoms with E-state index in [-0.39, 0.29) is 0 Å². The van der Waals surface area contributed by atoms with Gasteiger partial charge in [0.1, 0.15) is 5.60 Å². The Morgan fingerprint density at radius 1 is 1.24 bits per heavy atom. The van der Waals surface area contributed by atoms with Gasteiger partial charge < -0.3 is 15.2 Å². The van der Waals surface area contributed by atoms with Gasteiger partial charge in [-0.05, 0) is 53.0 Å². The number of alkyl carbamates (subject to hydrolysis) is 1. The third kappa shape index (κ3) is 7.14. The fraction of sp³-hybridized carbons (Fsp3) is 0.588. The number of ether oxygens (including phenoxy) is 1. The van der Waals surface area contributed by atoms with Gasteiger partial charge in [0.05, 0.1) is 6.10 Å². The third-order valence-electron chi connectivity index (χ3n) is 2.95. The van der Waals surface area contributed by atoms with Gasteiger partial charge in [-0.15, -0.1) is 0 Å². The molecule has 0 spiro atoms. The summed E-state index contributed by atoms with van der Waals surface area (Å²) in [7, 11) is 0. The zero-order valence-electron chi connectivity index (χ0n) is 13.7. The van der Waals surface area contributed by atoms with E-state index in [1.54, 1.807) is 0 Å². The van der Waals surface area contributed by atoms with Crippen LogP contribution in [0.15, 0.2) is 18.2 Å². The van der Waals surface area contributed by atoms with Crippen molar-refractivity contribution in [2.24, 2.45) is 0 Å². The molecule has 0 aliphatic heterocycles. The summed E-state index contributed by atoms with van der Waals surface area (Å²) < 4.78 is 5.15. The van der Waals surface area contributed by atoms with Crippen LogP contribution < -0.4 is 5.32 Å². The predicted octanol–water partition coefficient (Wildman–Crippen LogP) is 3.64. The Morgan fingerprint density at radius 3 is 2.33 bits per heavy atom. The van der Waals surface area contributed by atoms with Crippen molar-refractivity contribution in [1.82, 2.24) is 5.32 Å². The summed E-state index contributed by atoms with van der Waals surface area (Å²) in [5.74, 6) is 0. The number of carbonyl (C=O) groups is 1. The first-order valence-electron chi connectivity index (χ1n) is 7.40. The summed E-state index contributed by atoms with van der Waals surface area (Å²) in [4.78, 5) is 11.5. The first kappa shape index (κ1) is 17.5. The lowest BCUT2D eigenvalue weighted by Gasteiger charge is -2.19. The van der Waals surface area contributed by atoms with Gasteiger partial charge in [-0.1, -0.05) is 29.3 Å². The summed E-state index contributed by atoms with van der Waals surface area (Å²) in [5, 5.41) is 12.9. The van der Waals surface area contributed by atoms with Crippen LogP contribution in [-0.4, -0.2) is 23.3 Å². The minimum Gasteiger partial charge on any atom is -0.444 e. The van der Waals surface area contributed by atoms with E-state index in [2.05, 4.69) is 11.4 Å². The number of aryl methyl sites for hydroxylation is 2. The third-order valence-corrected chi connectivity index (χ3v) is 2.95. The van der Waals surface area contributed by atoms with E-state index in [9.17, 15) is 9.90 Å². The Morgan fingerprint density at radius 2 is 1.81 bits per heavy atom. The van der Waals surface area contributed by atoms with Crippen molar-refractivity contribution in [2.45, 2.75) is 59.2 Å². The minimum atomic E-state index is -0.496. The van der Waals surface area contributed by atoms with Crippen LogP contribution in [0, 0.1) is 13.8 Å². The highest BCUT2D eigenvalue weighted by Gasteiger charge is 2.15. The zero-order valence-corrected chi connectivity index (χ0v) is 13.7. The van der Waals surface area contributed by atoms with Crippen molar-refractivity contribution in [3.05, 3.63) is 34.9 Å². The molecule has 0 saturated carbocycles. The van der Waals surface area contributed by atoms with E-state index in [4.69, 9.17) is 4.74 Å². The van der Waals surface area contributed by atoms with Gasteiger partial charge >= 0.3 is 6.09 Å². The number of benzene rings is 1. The van der Waals surface area contributed by atoms with E-state index in [0.717, 1.165) is 16.7 Å². The van der Waals surface area contributed by atoms with Gasteiger partial charge in [-0.25, -0.2) is 4.79 Å². The number of aliphatic hydroxyl groups excluding tert-OH is 1. The molecule has 0 unspecified atom stereocenters. The highest BCUT2D eigenvalue weighted by Crippen LogP contribution is 2.20. The zero-order chi connectivity index (χ0) is 16.0. The van der Waals surface area contributed by atoms with Crippen molar-refractivity contribution in [3.8, 4) is 0 Å². The molecule has 0 bridgehead atoms. The minimum absolute atomic E-state index is 0.414. The van der Waals surface area contributed by atoms with Crippen molar-refractivity contribution in [1.29, 1.82) is 0 Å². The van der Waals surface area contributed by atoms with Gasteiger partial charge in [0.2, 0.25) is 0 Å². The second-order valence-electron chi connectivity index (χ2n) is 6.51. The lowest BCUT2D eigenvalue weighted by Crippen LogP contribution is -2.33. The smallest absolute Gasteiger partial charge is 0.407 e. The Hall–Kier alpha value is -1.55. The average molecular weight is 293 g/mol. The molecule has 1 aromatic rings. The molecule has 0 aliphatic carbocycles. The molecule has 1 atom stereocenters. The van der Waals surface area contributed by atoms with Crippen molar-refractivity contribution >= 4 is 6.09 Å². The van der Waals surface area contributed by atoms with E-state index in [0.29, 0.717) is 19.4 Å². The Bertz CT molecular complexity index is 457. The maximum Gasteiger partial charge on any atom is 0.407 e. The van der Waals surface area contributed by atoms with Gasteiger partial charge in [0.15, 0.2) is 0 Å². The SMILES string of the molecule is Cc1cc(C)cc([C@H](O)CCCNC(=O)OC(C)(C)C)c1. The highest BCUT2D eigenvalue weighted by molar-refractivity contribution is 5.67. The van der Waals surface area contributed by atoms with Crippen molar-refractivity contribution < 1.29 is 14.6 Å². The first-order valence-corrected chi connectivity index (χ1v) is 7.40. The maximum absolute atomic E-state index is 11.5. The van der Waals surface area contributed by atoms with Crippen LogP contribution in [0.25, 0.3) is 0 Å². The number of hydrogen-bond acceptors (Lipinski definition) is 3. The molecule has 0 aromatic heterocycles. The van der Waals surface area contributed by atoms with Crippen LogP contribution in [0.2, 0.25) is 0 Å². The van der Waals surface area contributed by atoms with Crippen molar-refractivity contribution in [3.63, 3.8) is 0 Å². The van der Waals surface area contributed by atoms with Gasteiger partial charge in [0.25, 0.3) is 0 Å². The summed E-state index contributed by atoms with van der Waals surface area (Å²) >= 11 is 0. The molecule has 2 N–H and O–H groups in total. The molecule has 21 heavy (non-hydrogen) atoms. The molecule has 4 nitrogen and oxygen atoms in total. The van der Waals surface area contributed by atoms with Crippen LogP contribution >= 0.6 is 0 Å². The van der Waals surface area contributed by atoms with Gasteiger partial charge in [-0.3, -0.25) is 0 Å². The van der Waals surface area contributed by atoms with Gasteiger partial charge in [-0.2, -0.15) is 0 Å². The van der Waals surface area contributed by atoms with E-state index in [1.807, 2.05) is 46.8 Å². The number of amides is 1. The van der Waals surface area contributed by atoms with E-state index < -0.39 is 17.8 Å². The van der Waals surface area contributed by atoms with Crippen LogP contribution in [-0.2, 0) is 4.74 Å². The molecule has 1 aromatic carbocycles. The fourth-order valence-corrected chi connectivity index (χ4v) is 2.17. The molecule has 0 aliphatic rings. The first-order chi connectivity index (χ1) is 9.67. The molecule has 118 valence electrons. The average Bonchev–Trinajstić information content (AvgIpc) is 2.31. The Kier molecular flexibility index (Phi) is 6.21. The second kappa shape index (κ2) is 7.46. The summed E-state index contributed by atoms with van der Waals surface area (Å²) in [6.45, 7) is 10.0. The largest absolute Gasteiger partial charge is 0.444 e. The lowest BCUT2D eigenvalue weighted by atomic mass is 10.0.